The van der Waals surface area contributed by atoms with Gasteiger partial charge in [0.2, 0.25) is 5.91 Å². The number of amides is 2. The predicted octanol–water partition coefficient (Wildman–Crippen LogP) is 3.62. The molecule has 126 valence electrons. The molecule has 0 radical (unpaired) electrons. The second-order valence-electron chi connectivity index (χ2n) is 5.56. The van der Waals surface area contributed by atoms with E-state index in [0.29, 0.717) is 17.8 Å². The van der Waals surface area contributed by atoms with Crippen LogP contribution in [-0.2, 0) is 10.5 Å². The Morgan fingerprint density at radius 3 is 2.54 bits per heavy atom. The van der Waals surface area contributed by atoms with Crippen LogP contribution in [-0.4, -0.2) is 24.1 Å². The van der Waals surface area contributed by atoms with Gasteiger partial charge in [0.05, 0.1) is 0 Å². The minimum Gasteiger partial charge on any atom is -0.351 e. The molecule has 5 heteroatoms. The fourth-order valence-corrected chi connectivity index (χ4v) is 2.97. The van der Waals surface area contributed by atoms with Crippen LogP contribution in [0.2, 0.25) is 0 Å². The molecule has 0 aliphatic carbocycles. The van der Waals surface area contributed by atoms with E-state index in [0.717, 1.165) is 11.5 Å². The molecule has 4 nitrogen and oxygen atoms in total. The van der Waals surface area contributed by atoms with Gasteiger partial charge in [-0.3, -0.25) is 9.59 Å². The number of carbonyl (C=O) groups is 2. The van der Waals surface area contributed by atoms with Gasteiger partial charge < -0.3 is 10.6 Å². The molecule has 0 unspecified atom stereocenters. The van der Waals surface area contributed by atoms with Gasteiger partial charge in [-0.15, -0.1) is 0 Å². The van der Waals surface area contributed by atoms with E-state index in [9.17, 15) is 9.59 Å². The summed E-state index contributed by atoms with van der Waals surface area (Å²) in [6, 6.07) is 15.4. The van der Waals surface area contributed by atoms with Crippen LogP contribution in [0.1, 0.15) is 28.4 Å². The Balaban J connectivity index is 1.73. The number of nitrogens with one attached hydrogen (secondary N) is 2. The van der Waals surface area contributed by atoms with Crippen LogP contribution >= 0.6 is 11.8 Å². The highest BCUT2D eigenvalue weighted by Crippen LogP contribution is 2.13. The van der Waals surface area contributed by atoms with Crippen LogP contribution in [0, 0.1) is 6.92 Å². The second kappa shape index (κ2) is 9.13. The minimum atomic E-state index is -0.153. The number of thioether (sulfide) groups is 1. The molecule has 0 aliphatic heterocycles. The molecular weight excluding hydrogens is 320 g/mol. The summed E-state index contributed by atoms with van der Waals surface area (Å²) in [7, 11) is 0. The van der Waals surface area contributed by atoms with Crippen molar-refractivity contribution in [3.05, 3.63) is 65.2 Å². The lowest BCUT2D eigenvalue weighted by molar-refractivity contribution is -0.114. The summed E-state index contributed by atoms with van der Waals surface area (Å²) < 4.78 is 0. The van der Waals surface area contributed by atoms with E-state index in [1.54, 1.807) is 36.0 Å². The van der Waals surface area contributed by atoms with Crippen molar-refractivity contribution < 1.29 is 9.59 Å². The maximum atomic E-state index is 12.1. The number of anilines is 1. The van der Waals surface area contributed by atoms with Gasteiger partial charge in [-0.05, 0) is 30.7 Å². The number of rotatable bonds is 7. The first-order valence-electron chi connectivity index (χ1n) is 7.84. The number of benzene rings is 2. The van der Waals surface area contributed by atoms with Gasteiger partial charge in [0.1, 0.15) is 0 Å². The highest BCUT2D eigenvalue weighted by molar-refractivity contribution is 7.98. The Hall–Kier alpha value is -2.27. The highest BCUT2D eigenvalue weighted by Gasteiger charge is 2.06. The Bertz CT molecular complexity index is 699. The summed E-state index contributed by atoms with van der Waals surface area (Å²) in [5.41, 5.74) is 3.73. The van der Waals surface area contributed by atoms with E-state index in [1.165, 1.54) is 18.1 Å². The quantitative estimate of drug-likeness (QED) is 0.756. The van der Waals surface area contributed by atoms with E-state index >= 15 is 0 Å². The third kappa shape index (κ3) is 6.08. The fraction of sp³-hybridized carbons (Fsp3) is 0.263. The van der Waals surface area contributed by atoms with E-state index in [4.69, 9.17) is 0 Å². The van der Waals surface area contributed by atoms with Crippen LogP contribution in [0.4, 0.5) is 5.69 Å². The zero-order chi connectivity index (χ0) is 17.4. The molecule has 24 heavy (non-hydrogen) atoms. The van der Waals surface area contributed by atoms with Gasteiger partial charge in [-0.1, -0.05) is 35.9 Å². The van der Waals surface area contributed by atoms with E-state index in [-0.39, 0.29) is 11.8 Å². The van der Waals surface area contributed by atoms with E-state index in [2.05, 4.69) is 41.8 Å². The highest BCUT2D eigenvalue weighted by atomic mass is 32.2. The van der Waals surface area contributed by atoms with Crippen molar-refractivity contribution in [2.75, 3.05) is 17.6 Å². The minimum absolute atomic E-state index is 0.127. The maximum Gasteiger partial charge on any atom is 0.251 e. The standard InChI is InChI=1S/C19H22N2O2S/c1-14-6-8-16(9-7-14)13-24-11-10-20-19(23)17-4-3-5-18(12-17)21-15(2)22/h3-9,12H,10-11,13H2,1-2H3,(H,20,23)(H,21,22). The first-order chi connectivity index (χ1) is 11.5. The van der Waals surface area contributed by atoms with Crippen molar-refractivity contribution in [3.8, 4) is 0 Å². The molecule has 2 aromatic carbocycles. The Labute approximate surface area is 147 Å². The van der Waals surface area contributed by atoms with Gasteiger partial charge in [-0.2, -0.15) is 11.8 Å². The predicted molar refractivity (Wildman–Crippen MR) is 100 cm³/mol. The molecule has 0 saturated carbocycles. The van der Waals surface area contributed by atoms with Gasteiger partial charge in [0.15, 0.2) is 0 Å². The number of hydrogen-bond donors (Lipinski definition) is 2. The van der Waals surface area contributed by atoms with Crippen molar-refractivity contribution in [2.24, 2.45) is 0 Å². The Morgan fingerprint density at radius 2 is 1.83 bits per heavy atom. The monoisotopic (exact) mass is 342 g/mol. The summed E-state index contributed by atoms with van der Waals surface area (Å²) in [5, 5.41) is 5.58. The average molecular weight is 342 g/mol. The summed E-state index contributed by atoms with van der Waals surface area (Å²) in [4.78, 5) is 23.2. The molecule has 0 bridgehead atoms. The molecule has 0 saturated heterocycles. The smallest absolute Gasteiger partial charge is 0.251 e. The van der Waals surface area contributed by atoms with Crippen LogP contribution < -0.4 is 10.6 Å². The Morgan fingerprint density at radius 1 is 1.08 bits per heavy atom. The van der Waals surface area contributed by atoms with Crippen molar-refractivity contribution in [3.63, 3.8) is 0 Å². The third-order valence-electron chi connectivity index (χ3n) is 3.37. The summed E-state index contributed by atoms with van der Waals surface area (Å²) in [6.45, 7) is 4.13. The first-order valence-corrected chi connectivity index (χ1v) is 8.99. The topological polar surface area (TPSA) is 58.2 Å². The molecule has 0 heterocycles. The fourth-order valence-electron chi connectivity index (χ4n) is 2.15. The lowest BCUT2D eigenvalue weighted by Gasteiger charge is -2.07. The molecular formula is C19H22N2O2S. The van der Waals surface area contributed by atoms with Crippen molar-refractivity contribution >= 4 is 29.3 Å². The lowest BCUT2D eigenvalue weighted by atomic mass is 10.2. The van der Waals surface area contributed by atoms with Gasteiger partial charge in [0.25, 0.3) is 5.91 Å². The lowest BCUT2D eigenvalue weighted by Crippen LogP contribution is -2.25. The molecule has 0 aliphatic rings. The zero-order valence-corrected chi connectivity index (χ0v) is 14.8. The van der Waals surface area contributed by atoms with Gasteiger partial charge in [0, 0.05) is 36.2 Å². The van der Waals surface area contributed by atoms with Gasteiger partial charge >= 0.3 is 0 Å². The van der Waals surface area contributed by atoms with Crippen molar-refractivity contribution in [1.82, 2.24) is 5.32 Å². The van der Waals surface area contributed by atoms with Crippen LogP contribution in [0.5, 0.6) is 0 Å². The molecule has 2 aromatic rings. The Kier molecular flexibility index (Phi) is 6.88. The summed E-state index contributed by atoms with van der Waals surface area (Å²) in [6.07, 6.45) is 0. The van der Waals surface area contributed by atoms with Crippen LogP contribution in [0.3, 0.4) is 0 Å². The summed E-state index contributed by atoms with van der Waals surface area (Å²) in [5.74, 6) is 1.51. The average Bonchev–Trinajstić information content (AvgIpc) is 2.55. The molecule has 2 N–H and O–H groups in total. The van der Waals surface area contributed by atoms with E-state index < -0.39 is 0 Å². The third-order valence-corrected chi connectivity index (χ3v) is 4.40. The number of aryl methyl sites for hydroxylation is 1. The molecule has 0 atom stereocenters. The molecule has 0 spiro atoms. The maximum absolute atomic E-state index is 12.1. The largest absolute Gasteiger partial charge is 0.351 e. The number of hydrogen-bond acceptors (Lipinski definition) is 3. The van der Waals surface area contributed by atoms with Crippen molar-refractivity contribution in [1.29, 1.82) is 0 Å². The first kappa shape index (κ1) is 18.1. The SMILES string of the molecule is CC(=O)Nc1cccc(C(=O)NCCSCc2ccc(C)cc2)c1. The molecule has 2 amide bonds. The van der Waals surface area contributed by atoms with Crippen LogP contribution in [0.15, 0.2) is 48.5 Å². The number of carbonyl (C=O) groups excluding carboxylic acids is 2. The van der Waals surface area contributed by atoms with Gasteiger partial charge in [-0.25, -0.2) is 0 Å². The summed E-state index contributed by atoms with van der Waals surface area (Å²) >= 11 is 1.79. The molecule has 0 aromatic heterocycles. The molecule has 0 fully saturated rings. The second-order valence-corrected chi connectivity index (χ2v) is 6.66. The van der Waals surface area contributed by atoms with Crippen molar-refractivity contribution in [2.45, 2.75) is 19.6 Å². The zero-order valence-electron chi connectivity index (χ0n) is 14.0. The molecule has 2 rings (SSSR count). The van der Waals surface area contributed by atoms with E-state index in [1.807, 2.05) is 0 Å². The van der Waals surface area contributed by atoms with Crippen LogP contribution in [0.25, 0.3) is 0 Å². The normalized spacial score (nSPS) is 10.2.